The molecule has 0 saturated carbocycles. The van der Waals surface area contributed by atoms with Crippen molar-refractivity contribution in [2.24, 2.45) is 0 Å². The van der Waals surface area contributed by atoms with Crippen LogP contribution in [-0.4, -0.2) is 4.98 Å². The second kappa shape index (κ2) is 4.07. The molecule has 0 bridgehead atoms. The van der Waals surface area contributed by atoms with Crippen LogP contribution in [0.3, 0.4) is 0 Å². The molecule has 0 spiro atoms. The van der Waals surface area contributed by atoms with Gasteiger partial charge in [0.1, 0.15) is 0 Å². The van der Waals surface area contributed by atoms with E-state index in [0.717, 1.165) is 17.1 Å². The van der Waals surface area contributed by atoms with Crippen molar-refractivity contribution in [3.63, 3.8) is 0 Å². The van der Waals surface area contributed by atoms with Gasteiger partial charge in [-0.15, -0.1) is 11.3 Å². The molecule has 0 fully saturated rings. The number of nitrogens with zero attached hydrogens (tertiary/aromatic N) is 1. The minimum absolute atomic E-state index is 0.0114. The van der Waals surface area contributed by atoms with Crippen molar-refractivity contribution in [2.75, 3.05) is 0 Å². The van der Waals surface area contributed by atoms with Crippen molar-refractivity contribution < 1.29 is 13.2 Å². The molecular formula is C10H5ClF3NS. The fraction of sp³-hybridized carbons (Fsp3) is 0.100. The first-order chi connectivity index (χ1) is 7.48. The van der Waals surface area contributed by atoms with Crippen molar-refractivity contribution in [3.8, 4) is 10.6 Å². The van der Waals surface area contributed by atoms with E-state index in [4.69, 9.17) is 11.6 Å². The number of halogens is 4. The summed E-state index contributed by atoms with van der Waals surface area (Å²) in [6.45, 7) is 0. The lowest BCUT2D eigenvalue weighted by atomic mass is 10.2. The van der Waals surface area contributed by atoms with E-state index >= 15 is 0 Å². The number of hydrogen-bond donors (Lipinski definition) is 0. The molecule has 0 N–H and O–H groups in total. The van der Waals surface area contributed by atoms with Crippen LogP contribution in [0.15, 0.2) is 29.8 Å². The molecule has 2 aromatic rings. The molecule has 6 heteroatoms. The van der Waals surface area contributed by atoms with Crippen LogP contribution in [-0.2, 0) is 6.18 Å². The summed E-state index contributed by atoms with van der Waals surface area (Å²) in [5.41, 5.74) is -0.456. The van der Waals surface area contributed by atoms with Crippen molar-refractivity contribution >= 4 is 22.9 Å². The molecule has 0 aliphatic heterocycles. The third-order valence-corrected chi connectivity index (χ3v) is 3.09. The van der Waals surface area contributed by atoms with Gasteiger partial charge < -0.3 is 0 Å². The van der Waals surface area contributed by atoms with Gasteiger partial charge >= 0.3 is 6.18 Å². The van der Waals surface area contributed by atoms with E-state index in [1.807, 2.05) is 5.38 Å². The summed E-state index contributed by atoms with van der Waals surface area (Å²) in [5, 5.41) is 1.82. The Bertz CT molecular complexity index is 493. The zero-order valence-corrected chi connectivity index (χ0v) is 9.33. The minimum Gasteiger partial charge on any atom is -0.253 e. The van der Waals surface area contributed by atoms with Crippen molar-refractivity contribution in [3.05, 3.63) is 40.4 Å². The maximum absolute atomic E-state index is 12.3. The lowest BCUT2D eigenvalue weighted by molar-refractivity contribution is -0.137. The molecular weight excluding hydrogens is 259 g/mol. The normalized spacial score (nSPS) is 11.8. The topological polar surface area (TPSA) is 12.9 Å². The molecule has 2 heterocycles. The predicted molar refractivity (Wildman–Crippen MR) is 57.6 cm³/mol. The third-order valence-electron chi connectivity index (χ3n) is 1.92. The molecule has 84 valence electrons. The van der Waals surface area contributed by atoms with Crippen molar-refractivity contribution in [1.82, 2.24) is 4.98 Å². The van der Waals surface area contributed by atoms with E-state index in [1.54, 1.807) is 12.1 Å². The van der Waals surface area contributed by atoms with E-state index in [-0.39, 0.29) is 5.02 Å². The Morgan fingerprint density at radius 2 is 2.06 bits per heavy atom. The molecule has 0 aliphatic rings. The smallest absolute Gasteiger partial charge is 0.253 e. The van der Waals surface area contributed by atoms with Crippen LogP contribution in [0.1, 0.15) is 5.56 Å². The highest BCUT2D eigenvalue weighted by Crippen LogP contribution is 2.35. The lowest BCUT2D eigenvalue weighted by Gasteiger charge is -2.07. The fourth-order valence-electron chi connectivity index (χ4n) is 1.19. The summed E-state index contributed by atoms with van der Waals surface area (Å²) in [6.07, 6.45) is -3.62. The highest BCUT2D eigenvalue weighted by atomic mass is 35.5. The zero-order valence-electron chi connectivity index (χ0n) is 7.75. The number of thiophene rings is 1. The van der Waals surface area contributed by atoms with Gasteiger partial charge in [0.25, 0.3) is 0 Å². The highest BCUT2D eigenvalue weighted by Gasteiger charge is 2.31. The van der Waals surface area contributed by atoms with Gasteiger partial charge in [0, 0.05) is 6.20 Å². The molecule has 0 unspecified atom stereocenters. The average Bonchev–Trinajstić information content (AvgIpc) is 2.69. The third kappa shape index (κ3) is 2.20. The van der Waals surface area contributed by atoms with Gasteiger partial charge in [0.15, 0.2) is 0 Å². The minimum atomic E-state index is -4.41. The van der Waals surface area contributed by atoms with Gasteiger partial charge in [-0.1, -0.05) is 17.7 Å². The molecule has 0 radical (unpaired) electrons. The Labute approximate surface area is 98.5 Å². The van der Waals surface area contributed by atoms with E-state index < -0.39 is 11.7 Å². The van der Waals surface area contributed by atoms with Gasteiger partial charge in [-0.05, 0) is 17.5 Å². The van der Waals surface area contributed by atoms with Crippen molar-refractivity contribution in [1.29, 1.82) is 0 Å². The second-order valence-electron chi connectivity index (χ2n) is 3.03. The van der Waals surface area contributed by atoms with Crippen LogP contribution in [0, 0.1) is 0 Å². The Balaban J connectivity index is 2.46. The number of rotatable bonds is 1. The number of hydrogen-bond acceptors (Lipinski definition) is 2. The number of alkyl halides is 3. The SMILES string of the molecule is FC(F)(F)c1cnc(-c2cccs2)c(Cl)c1. The first-order valence-corrected chi connectivity index (χ1v) is 5.51. The highest BCUT2D eigenvalue weighted by molar-refractivity contribution is 7.13. The van der Waals surface area contributed by atoms with Gasteiger partial charge in [0.05, 0.1) is 21.2 Å². The molecule has 0 aliphatic carbocycles. The first kappa shape index (κ1) is 11.4. The van der Waals surface area contributed by atoms with Crippen molar-refractivity contribution in [2.45, 2.75) is 6.18 Å². The van der Waals surface area contributed by atoms with Gasteiger partial charge in [0.2, 0.25) is 0 Å². The standard InChI is InChI=1S/C10H5ClF3NS/c11-7-4-6(10(12,13)14)5-15-9(7)8-2-1-3-16-8/h1-5H. The van der Waals surface area contributed by atoms with Crippen LogP contribution in [0.4, 0.5) is 13.2 Å². The van der Waals surface area contributed by atoms with Crippen LogP contribution in [0.5, 0.6) is 0 Å². The van der Waals surface area contributed by atoms with E-state index in [2.05, 4.69) is 4.98 Å². The summed E-state index contributed by atoms with van der Waals surface area (Å²) in [6, 6.07) is 4.44. The largest absolute Gasteiger partial charge is 0.417 e. The quantitative estimate of drug-likeness (QED) is 0.739. The van der Waals surface area contributed by atoms with Gasteiger partial charge in [-0.3, -0.25) is 4.98 Å². The van der Waals surface area contributed by atoms with E-state index in [0.29, 0.717) is 5.69 Å². The lowest BCUT2D eigenvalue weighted by Crippen LogP contribution is -2.05. The number of pyridine rings is 1. The Hall–Kier alpha value is -1.07. The Morgan fingerprint density at radius 3 is 2.56 bits per heavy atom. The molecule has 16 heavy (non-hydrogen) atoms. The van der Waals surface area contributed by atoms with Crippen LogP contribution in [0.2, 0.25) is 5.02 Å². The summed E-state index contributed by atoms with van der Waals surface area (Å²) in [5.74, 6) is 0. The van der Waals surface area contributed by atoms with Gasteiger partial charge in [-0.2, -0.15) is 13.2 Å². The number of aromatic nitrogens is 1. The molecule has 0 saturated heterocycles. The van der Waals surface area contributed by atoms with Crippen LogP contribution < -0.4 is 0 Å². The van der Waals surface area contributed by atoms with Crippen LogP contribution >= 0.6 is 22.9 Å². The van der Waals surface area contributed by atoms with E-state index in [1.165, 1.54) is 11.3 Å². The summed E-state index contributed by atoms with van der Waals surface area (Å²) < 4.78 is 37.0. The fourth-order valence-corrected chi connectivity index (χ4v) is 2.25. The van der Waals surface area contributed by atoms with E-state index in [9.17, 15) is 13.2 Å². The molecule has 0 amide bonds. The maximum atomic E-state index is 12.3. The molecule has 2 aromatic heterocycles. The zero-order chi connectivity index (χ0) is 11.8. The summed E-state index contributed by atoms with van der Waals surface area (Å²) in [7, 11) is 0. The molecule has 1 nitrogen and oxygen atoms in total. The first-order valence-electron chi connectivity index (χ1n) is 4.25. The van der Waals surface area contributed by atoms with Gasteiger partial charge in [-0.25, -0.2) is 0 Å². The Morgan fingerprint density at radius 1 is 1.31 bits per heavy atom. The Kier molecular flexibility index (Phi) is 2.90. The predicted octanol–water partition coefficient (Wildman–Crippen LogP) is 4.48. The second-order valence-corrected chi connectivity index (χ2v) is 4.38. The van der Waals surface area contributed by atoms with Crippen LogP contribution in [0.25, 0.3) is 10.6 Å². The maximum Gasteiger partial charge on any atom is 0.417 e. The summed E-state index contributed by atoms with van der Waals surface area (Å²) >= 11 is 7.15. The molecule has 0 aromatic carbocycles. The monoisotopic (exact) mass is 263 g/mol. The molecule has 0 atom stereocenters. The molecule has 2 rings (SSSR count). The average molecular weight is 264 g/mol. The summed E-state index contributed by atoms with van der Waals surface area (Å²) in [4.78, 5) is 4.49.